The fourth-order valence-electron chi connectivity index (χ4n) is 0.176. The molecule has 0 amide bonds. The predicted molar refractivity (Wildman–Crippen MR) is 25.9 cm³/mol. The van der Waals surface area contributed by atoms with Crippen molar-refractivity contribution in [3.63, 3.8) is 0 Å². The van der Waals surface area contributed by atoms with Crippen LogP contribution in [0, 0.1) is 0 Å². The molecule has 0 atom stereocenters. The van der Waals surface area contributed by atoms with E-state index in [1.165, 1.54) is 6.85 Å². The van der Waals surface area contributed by atoms with E-state index >= 15 is 0 Å². The summed E-state index contributed by atoms with van der Waals surface area (Å²) in [5.74, 6) is 2.18. The van der Waals surface area contributed by atoms with Crippen molar-refractivity contribution in [2.75, 3.05) is 0 Å². The molecule has 0 aliphatic carbocycles. The summed E-state index contributed by atoms with van der Waals surface area (Å²) in [4.78, 5) is 2.23. The average molecular weight is 149 g/mol. The van der Waals surface area contributed by atoms with E-state index in [0.717, 1.165) is 14.0 Å². The SMILES string of the molecule is c1cp[se]c1. The van der Waals surface area contributed by atoms with Crippen LogP contribution in [0.1, 0.15) is 0 Å². The Morgan fingerprint density at radius 1 is 1.60 bits per heavy atom. The molecular weight excluding hydrogens is 146 g/mol. The van der Waals surface area contributed by atoms with Gasteiger partial charge in [-0.15, -0.1) is 0 Å². The Labute approximate surface area is 38.3 Å². The summed E-state index contributed by atoms with van der Waals surface area (Å²) in [5, 5.41) is 0. The van der Waals surface area contributed by atoms with E-state index < -0.39 is 0 Å². The first kappa shape index (κ1) is 3.61. The van der Waals surface area contributed by atoms with Gasteiger partial charge >= 0.3 is 37.7 Å². The Bertz CT molecular complexity index is 63.4. The number of rotatable bonds is 0. The van der Waals surface area contributed by atoms with Gasteiger partial charge in [-0.25, -0.2) is 0 Å². The van der Waals surface area contributed by atoms with Crippen LogP contribution in [0.2, 0.25) is 0 Å². The van der Waals surface area contributed by atoms with Gasteiger partial charge in [0.15, 0.2) is 0 Å². The van der Waals surface area contributed by atoms with Crippen LogP contribution in [0.4, 0.5) is 0 Å². The molecule has 26 valence electrons. The van der Waals surface area contributed by atoms with Gasteiger partial charge in [0.2, 0.25) is 0 Å². The quantitative estimate of drug-likeness (QED) is 0.488. The summed E-state index contributed by atoms with van der Waals surface area (Å²) in [6, 6.07) is 2.13. The maximum atomic E-state index is 2.23. The molecular formula is C3H3PSe. The van der Waals surface area contributed by atoms with Gasteiger partial charge < -0.3 is 0 Å². The Morgan fingerprint density at radius 2 is 2.60 bits per heavy atom. The van der Waals surface area contributed by atoms with E-state index in [1.807, 2.05) is 0 Å². The molecule has 2 heteroatoms. The molecule has 0 radical (unpaired) electrons. The van der Waals surface area contributed by atoms with Gasteiger partial charge in [-0.1, -0.05) is 0 Å². The van der Waals surface area contributed by atoms with E-state index in [9.17, 15) is 0 Å². The second-order valence-electron chi connectivity index (χ2n) is 0.688. The molecule has 0 aromatic carbocycles. The van der Waals surface area contributed by atoms with Gasteiger partial charge in [0, 0.05) is 0 Å². The van der Waals surface area contributed by atoms with Gasteiger partial charge in [-0.05, 0) is 0 Å². The summed E-state index contributed by atoms with van der Waals surface area (Å²) >= 11 is 0.806. The molecule has 0 bridgehead atoms. The molecule has 5 heavy (non-hydrogen) atoms. The van der Waals surface area contributed by atoms with Crippen molar-refractivity contribution in [3.05, 3.63) is 16.8 Å². The van der Waals surface area contributed by atoms with Crippen molar-refractivity contribution < 1.29 is 0 Å². The van der Waals surface area contributed by atoms with Crippen molar-refractivity contribution in [2.24, 2.45) is 0 Å². The zero-order valence-electron chi connectivity index (χ0n) is 2.59. The van der Waals surface area contributed by atoms with E-state index in [0.29, 0.717) is 0 Å². The van der Waals surface area contributed by atoms with Crippen molar-refractivity contribution >= 4 is 20.9 Å². The number of hydrogen-bond acceptors (Lipinski definition) is 0. The third kappa shape index (κ3) is 0.887. The molecule has 0 aliphatic rings. The molecule has 1 aromatic rings. The van der Waals surface area contributed by atoms with E-state index in [-0.39, 0.29) is 0 Å². The summed E-state index contributed by atoms with van der Waals surface area (Å²) in [6.07, 6.45) is 0. The van der Waals surface area contributed by atoms with Crippen LogP contribution in [-0.4, -0.2) is 14.0 Å². The van der Waals surface area contributed by atoms with Gasteiger partial charge in [0.25, 0.3) is 0 Å². The van der Waals surface area contributed by atoms with Crippen molar-refractivity contribution in [3.8, 4) is 0 Å². The standard InChI is InChI=1S/C3H3PSe/c1-2-4-5-3-1/h1-3H. The Hall–Kier alpha value is 0.429. The summed E-state index contributed by atoms with van der Waals surface area (Å²) in [5.41, 5.74) is 0. The molecule has 1 rings (SSSR count). The van der Waals surface area contributed by atoms with Crippen LogP contribution in [0.5, 0.6) is 0 Å². The molecule has 0 nitrogen and oxygen atoms in total. The minimum atomic E-state index is 0.806. The second-order valence-corrected chi connectivity index (χ2v) is 4.63. The average Bonchev–Trinajstić information content (AvgIpc) is 1.76. The van der Waals surface area contributed by atoms with Gasteiger partial charge in [0.1, 0.15) is 0 Å². The maximum absolute atomic E-state index is 2.23. The third-order valence-electron chi connectivity index (χ3n) is 0.347. The van der Waals surface area contributed by atoms with Crippen molar-refractivity contribution in [1.82, 2.24) is 0 Å². The molecule has 0 saturated heterocycles. The van der Waals surface area contributed by atoms with Crippen LogP contribution < -0.4 is 0 Å². The van der Waals surface area contributed by atoms with Crippen molar-refractivity contribution in [2.45, 2.75) is 0 Å². The normalized spacial score (nSPS) is 9.60. The monoisotopic (exact) mass is 150 g/mol. The third-order valence-corrected chi connectivity index (χ3v) is 3.51. The molecule has 1 aromatic heterocycles. The van der Waals surface area contributed by atoms with Gasteiger partial charge in [-0.2, -0.15) is 0 Å². The van der Waals surface area contributed by atoms with Gasteiger partial charge in [-0.3, -0.25) is 0 Å². The summed E-state index contributed by atoms with van der Waals surface area (Å²) < 4.78 is 0. The zero-order chi connectivity index (χ0) is 3.54. The Kier molecular flexibility index (Phi) is 1.28. The first-order valence-electron chi connectivity index (χ1n) is 1.34. The Balaban J connectivity index is 3.13. The first-order valence-corrected chi connectivity index (χ1v) is 5.51. The second kappa shape index (κ2) is 1.77. The van der Waals surface area contributed by atoms with Gasteiger partial charge in [0.05, 0.1) is 0 Å². The first-order chi connectivity index (χ1) is 2.50. The Morgan fingerprint density at radius 3 is 2.80 bits per heavy atom. The molecule has 0 fully saturated rings. The van der Waals surface area contributed by atoms with Crippen molar-refractivity contribution in [1.29, 1.82) is 0 Å². The topological polar surface area (TPSA) is 0 Å². The summed E-state index contributed by atoms with van der Waals surface area (Å²) in [6.45, 7) is 1.52. The van der Waals surface area contributed by atoms with E-state index in [2.05, 4.69) is 16.8 Å². The molecule has 0 saturated carbocycles. The van der Waals surface area contributed by atoms with E-state index in [4.69, 9.17) is 0 Å². The van der Waals surface area contributed by atoms with E-state index in [1.54, 1.807) is 0 Å². The van der Waals surface area contributed by atoms with Crippen LogP contribution in [0.15, 0.2) is 16.8 Å². The summed E-state index contributed by atoms with van der Waals surface area (Å²) in [7, 11) is 0. The number of hydrogen-bond donors (Lipinski definition) is 0. The molecule has 0 spiro atoms. The van der Waals surface area contributed by atoms with Crippen LogP contribution in [-0.2, 0) is 0 Å². The predicted octanol–water partition coefficient (Wildman–Crippen LogP) is 1.32. The fraction of sp³-hybridized carbons (Fsp3) is 0. The molecule has 1 heterocycles. The van der Waals surface area contributed by atoms with Crippen LogP contribution in [0.25, 0.3) is 0 Å². The zero-order valence-corrected chi connectivity index (χ0v) is 5.20. The minimum absolute atomic E-state index is 0.806. The molecule has 0 aliphatic heterocycles. The van der Waals surface area contributed by atoms with Crippen LogP contribution >= 0.6 is 6.85 Å². The van der Waals surface area contributed by atoms with Crippen LogP contribution in [0.3, 0.4) is 0 Å². The molecule has 0 N–H and O–H groups in total. The molecule has 0 unspecified atom stereocenters. The fourth-order valence-corrected chi connectivity index (χ4v) is 2.74.